The zero-order chi connectivity index (χ0) is 17.3. The van der Waals surface area contributed by atoms with E-state index in [1.165, 1.54) is 29.2 Å². The maximum Gasteiger partial charge on any atom is 0.270 e. The summed E-state index contributed by atoms with van der Waals surface area (Å²) >= 11 is 6.35. The van der Waals surface area contributed by atoms with Gasteiger partial charge in [-0.15, -0.1) is 0 Å². The molecule has 6 nitrogen and oxygen atoms in total. The molecule has 8 heteroatoms. The molecule has 1 heterocycles. The topological polar surface area (TPSA) is 83.7 Å². The van der Waals surface area contributed by atoms with E-state index < -0.39 is 4.92 Å². The predicted octanol–water partition coefficient (Wildman–Crippen LogP) is 3.71. The van der Waals surface area contributed by atoms with Crippen molar-refractivity contribution in [1.29, 1.82) is 0 Å². The lowest BCUT2D eigenvalue weighted by Crippen LogP contribution is -2.27. The Morgan fingerprint density at radius 3 is 2.67 bits per heavy atom. The van der Waals surface area contributed by atoms with Crippen LogP contribution in [0.1, 0.15) is 5.56 Å². The Balaban J connectivity index is 1.94. The molecule has 0 radical (unpaired) electrons. The lowest BCUT2D eigenvalue weighted by Gasteiger charge is -2.14. The monoisotopic (exact) mass is 358 g/mol. The second-order valence-electron chi connectivity index (χ2n) is 4.89. The molecule has 2 aromatic rings. The maximum atomic E-state index is 12.6. The Morgan fingerprint density at radius 2 is 1.96 bits per heavy atom. The third kappa shape index (κ3) is 3.15. The van der Waals surface area contributed by atoms with E-state index in [1.807, 2.05) is 0 Å². The maximum absolute atomic E-state index is 12.6. The third-order valence-corrected chi connectivity index (χ3v) is 4.56. The van der Waals surface area contributed by atoms with Gasteiger partial charge in [-0.2, -0.15) is 0 Å². The highest BCUT2D eigenvalue weighted by Crippen LogP contribution is 2.37. The second-order valence-corrected chi connectivity index (χ2v) is 6.56. The van der Waals surface area contributed by atoms with E-state index >= 15 is 0 Å². The van der Waals surface area contributed by atoms with Gasteiger partial charge >= 0.3 is 0 Å². The highest BCUT2D eigenvalue weighted by molar-refractivity contribution is 8.27. The number of thioether (sulfide) groups is 1. The number of nitro groups is 1. The minimum absolute atomic E-state index is 0.0317. The van der Waals surface area contributed by atoms with Crippen molar-refractivity contribution in [2.45, 2.75) is 0 Å². The van der Waals surface area contributed by atoms with Crippen molar-refractivity contribution < 1.29 is 14.8 Å². The van der Waals surface area contributed by atoms with Crippen LogP contribution in [0, 0.1) is 10.1 Å². The molecule has 1 aliphatic rings. The number of nitrogens with zero attached hydrogens (tertiary/aromatic N) is 2. The summed E-state index contributed by atoms with van der Waals surface area (Å²) in [6.07, 6.45) is 1.56. The van der Waals surface area contributed by atoms with E-state index in [2.05, 4.69) is 0 Å². The van der Waals surface area contributed by atoms with E-state index in [0.29, 0.717) is 20.5 Å². The first-order chi connectivity index (χ1) is 11.5. The van der Waals surface area contributed by atoms with Gasteiger partial charge in [0.2, 0.25) is 0 Å². The summed E-state index contributed by atoms with van der Waals surface area (Å²) in [6.45, 7) is 0. The number of hydrogen-bond acceptors (Lipinski definition) is 6. The van der Waals surface area contributed by atoms with Crippen LogP contribution in [-0.2, 0) is 4.79 Å². The number of thiocarbonyl (C=S) groups is 1. The fourth-order valence-corrected chi connectivity index (χ4v) is 3.50. The first-order valence-corrected chi connectivity index (χ1v) is 7.99. The number of hydrogen-bond donors (Lipinski definition) is 1. The number of nitro benzene ring substituents is 1. The van der Waals surface area contributed by atoms with E-state index in [1.54, 1.807) is 30.3 Å². The molecule has 1 aliphatic heterocycles. The molecule has 0 bridgehead atoms. The molecule has 1 N–H and O–H groups in total. The first-order valence-electron chi connectivity index (χ1n) is 6.77. The Labute approximate surface area is 146 Å². The number of benzene rings is 2. The van der Waals surface area contributed by atoms with Crippen LogP contribution in [0.25, 0.3) is 6.08 Å². The highest BCUT2D eigenvalue weighted by Gasteiger charge is 2.33. The van der Waals surface area contributed by atoms with E-state index in [0.717, 1.165) is 11.8 Å². The molecule has 24 heavy (non-hydrogen) atoms. The Kier molecular flexibility index (Phi) is 4.32. The van der Waals surface area contributed by atoms with Crippen molar-refractivity contribution in [2.75, 3.05) is 4.90 Å². The normalized spacial score (nSPS) is 16.0. The smallest absolute Gasteiger partial charge is 0.270 e. The zero-order valence-corrected chi connectivity index (χ0v) is 13.7. The van der Waals surface area contributed by atoms with Crippen LogP contribution >= 0.6 is 24.0 Å². The summed E-state index contributed by atoms with van der Waals surface area (Å²) in [6, 6.07) is 12.2. The molecule has 0 spiro atoms. The van der Waals surface area contributed by atoms with Gasteiger partial charge in [0, 0.05) is 18.2 Å². The van der Waals surface area contributed by atoms with Gasteiger partial charge in [0.05, 0.1) is 15.5 Å². The summed E-state index contributed by atoms with van der Waals surface area (Å²) in [5.41, 5.74) is 0.966. The summed E-state index contributed by atoms with van der Waals surface area (Å²) < 4.78 is 0.335. The van der Waals surface area contributed by atoms with Crippen LogP contribution in [-0.4, -0.2) is 20.3 Å². The average Bonchev–Trinajstić information content (AvgIpc) is 2.81. The number of phenolic OH excluding ortho intramolecular Hbond substituents is 1. The van der Waals surface area contributed by atoms with E-state index in [4.69, 9.17) is 12.2 Å². The van der Waals surface area contributed by atoms with Gasteiger partial charge in [0.25, 0.3) is 11.6 Å². The van der Waals surface area contributed by atoms with Crippen LogP contribution < -0.4 is 4.90 Å². The van der Waals surface area contributed by atoms with Gasteiger partial charge in [-0.05, 0) is 23.8 Å². The van der Waals surface area contributed by atoms with E-state index in [-0.39, 0.29) is 17.3 Å². The molecule has 2 aromatic carbocycles. The Hall–Kier alpha value is -2.71. The van der Waals surface area contributed by atoms with Gasteiger partial charge < -0.3 is 5.11 Å². The molecule has 1 amide bonds. The van der Waals surface area contributed by atoms with Crippen LogP contribution in [0.5, 0.6) is 5.75 Å². The predicted molar refractivity (Wildman–Crippen MR) is 96.9 cm³/mol. The van der Waals surface area contributed by atoms with Gasteiger partial charge in [-0.1, -0.05) is 42.2 Å². The summed E-state index contributed by atoms with van der Waals surface area (Å²) in [5.74, 6) is -0.300. The molecule has 0 atom stereocenters. The third-order valence-electron chi connectivity index (χ3n) is 3.26. The van der Waals surface area contributed by atoms with Gasteiger partial charge in [-0.3, -0.25) is 19.8 Å². The van der Waals surface area contributed by atoms with Crippen LogP contribution in [0.2, 0.25) is 0 Å². The van der Waals surface area contributed by atoms with Gasteiger partial charge in [0.1, 0.15) is 5.75 Å². The van der Waals surface area contributed by atoms with Crippen molar-refractivity contribution in [3.8, 4) is 5.75 Å². The molecule has 0 aromatic heterocycles. The molecular weight excluding hydrogens is 348 g/mol. The van der Waals surface area contributed by atoms with Crippen molar-refractivity contribution in [2.24, 2.45) is 0 Å². The van der Waals surface area contributed by atoms with Crippen LogP contribution in [0.4, 0.5) is 11.4 Å². The number of amides is 1. The van der Waals surface area contributed by atoms with Crippen molar-refractivity contribution >= 4 is 51.7 Å². The lowest BCUT2D eigenvalue weighted by molar-refractivity contribution is -0.384. The first kappa shape index (κ1) is 16.2. The molecule has 1 fully saturated rings. The lowest BCUT2D eigenvalue weighted by atomic mass is 10.2. The number of aromatic hydroxyl groups is 1. The number of anilines is 1. The quantitative estimate of drug-likeness (QED) is 0.390. The average molecular weight is 358 g/mol. The molecule has 3 rings (SSSR count). The fraction of sp³-hybridized carbons (Fsp3) is 0. The van der Waals surface area contributed by atoms with Crippen LogP contribution in [0.3, 0.4) is 0 Å². The second kappa shape index (κ2) is 6.42. The molecule has 1 saturated heterocycles. The van der Waals surface area contributed by atoms with Crippen molar-refractivity contribution in [3.05, 3.63) is 69.1 Å². The number of phenols is 1. The molecule has 0 aliphatic carbocycles. The van der Waals surface area contributed by atoms with Gasteiger partial charge in [0.15, 0.2) is 4.32 Å². The minimum atomic E-state index is -0.491. The molecule has 0 saturated carbocycles. The number of carbonyl (C=O) groups excluding carboxylic acids is 1. The number of carbonyl (C=O) groups is 1. The summed E-state index contributed by atoms with van der Waals surface area (Å²) in [4.78, 5) is 24.6. The highest BCUT2D eigenvalue weighted by atomic mass is 32.2. The molecule has 0 unspecified atom stereocenters. The number of non-ortho nitro benzene ring substituents is 1. The molecule has 120 valence electrons. The Morgan fingerprint density at radius 1 is 1.21 bits per heavy atom. The zero-order valence-electron chi connectivity index (χ0n) is 12.1. The minimum Gasteiger partial charge on any atom is -0.508 e. The summed E-state index contributed by atoms with van der Waals surface area (Å²) in [5, 5.41) is 20.4. The largest absolute Gasteiger partial charge is 0.508 e. The van der Waals surface area contributed by atoms with Gasteiger partial charge in [-0.25, -0.2) is 0 Å². The Bertz CT molecular complexity index is 895. The fourth-order valence-electron chi connectivity index (χ4n) is 2.20. The standard InChI is InChI=1S/C16H10N2O4S2/c19-13-6-2-4-11(9-13)17-15(20)14(24-16(17)23)8-10-3-1-5-12(7-10)18(21)22/h1-9,19H. The van der Waals surface area contributed by atoms with Crippen molar-refractivity contribution in [3.63, 3.8) is 0 Å². The van der Waals surface area contributed by atoms with Crippen molar-refractivity contribution in [1.82, 2.24) is 0 Å². The summed E-state index contributed by atoms with van der Waals surface area (Å²) in [7, 11) is 0. The molecular formula is C16H10N2O4S2. The van der Waals surface area contributed by atoms with E-state index in [9.17, 15) is 20.0 Å². The number of rotatable bonds is 3. The SMILES string of the molecule is O=C1C(=Cc2cccc([N+](=O)[O-])c2)SC(=S)N1c1cccc(O)c1. The van der Waals surface area contributed by atoms with Crippen LogP contribution in [0.15, 0.2) is 53.4 Å².